The third kappa shape index (κ3) is 3.25. The average molecular weight is 370 g/mol. The van der Waals surface area contributed by atoms with Gasteiger partial charge < -0.3 is 9.64 Å². The van der Waals surface area contributed by atoms with Crippen LogP contribution in [0, 0.1) is 0 Å². The Hall–Kier alpha value is -2.58. The predicted molar refractivity (Wildman–Crippen MR) is 98.9 cm³/mol. The number of morpholine rings is 1. The maximum Gasteiger partial charge on any atom is 0.175 e. The first-order chi connectivity index (χ1) is 12.5. The molecule has 4 rings (SSSR count). The molecule has 0 aliphatic carbocycles. The van der Waals surface area contributed by atoms with Gasteiger partial charge in [0.05, 0.1) is 29.3 Å². The number of pyridine rings is 1. The summed E-state index contributed by atoms with van der Waals surface area (Å²) < 4.78 is 29.1. The minimum Gasteiger partial charge on any atom is -0.378 e. The van der Waals surface area contributed by atoms with Gasteiger partial charge in [-0.05, 0) is 24.3 Å². The van der Waals surface area contributed by atoms with Gasteiger partial charge in [0.1, 0.15) is 11.8 Å². The summed E-state index contributed by atoms with van der Waals surface area (Å²) in [5, 5.41) is 0. The molecule has 26 heavy (non-hydrogen) atoms. The van der Waals surface area contributed by atoms with Gasteiger partial charge in [0, 0.05) is 24.9 Å². The Labute approximate surface area is 151 Å². The summed E-state index contributed by atoms with van der Waals surface area (Å²) in [4.78, 5) is 15.9. The maximum absolute atomic E-state index is 11.8. The molecule has 7 nitrogen and oxygen atoms in total. The number of nitrogens with zero attached hydrogens (tertiary/aromatic N) is 4. The first-order valence-corrected chi connectivity index (χ1v) is 10.2. The van der Waals surface area contributed by atoms with Gasteiger partial charge in [-0.25, -0.2) is 23.4 Å². The average Bonchev–Trinajstić information content (AvgIpc) is 2.67. The standard InChI is InChI=1S/C18H18N4O3S/c1-26(23,24)14-4-2-3-13(11-14)15-5-6-16-17(21-15)18(20-12-19-16)22-7-9-25-10-8-22/h2-6,11-12H,7-10H2,1H3. The summed E-state index contributed by atoms with van der Waals surface area (Å²) in [5.74, 6) is 0.777. The number of benzene rings is 1. The smallest absolute Gasteiger partial charge is 0.175 e. The molecule has 0 radical (unpaired) electrons. The molecule has 0 atom stereocenters. The molecule has 0 unspecified atom stereocenters. The summed E-state index contributed by atoms with van der Waals surface area (Å²) in [6.07, 6.45) is 2.74. The molecule has 0 bridgehead atoms. The molecule has 2 aromatic heterocycles. The van der Waals surface area contributed by atoms with Crippen molar-refractivity contribution in [3.63, 3.8) is 0 Å². The van der Waals surface area contributed by atoms with Crippen molar-refractivity contribution >= 4 is 26.7 Å². The zero-order valence-corrected chi connectivity index (χ0v) is 15.1. The van der Waals surface area contributed by atoms with E-state index < -0.39 is 9.84 Å². The van der Waals surface area contributed by atoms with Crippen LogP contribution in [0.25, 0.3) is 22.3 Å². The number of anilines is 1. The molecule has 1 aliphatic rings. The van der Waals surface area contributed by atoms with E-state index in [1.165, 1.54) is 6.26 Å². The van der Waals surface area contributed by atoms with Crippen LogP contribution in [0.4, 0.5) is 5.82 Å². The van der Waals surface area contributed by atoms with Crippen LogP contribution >= 0.6 is 0 Å². The van der Waals surface area contributed by atoms with Crippen LogP contribution < -0.4 is 4.90 Å². The van der Waals surface area contributed by atoms with Gasteiger partial charge in [0.25, 0.3) is 0 Å². The Bertz CT molecular complexity index is 1060. The summed E-state index contributed by atoms with van der Waals surface area (Å²) in [6, 6.07) is 10.5. The molecule has 1 aromatic carbocycles. The monoisotopic (exact) mass is 370 g/mol. The molecule has 1 fully saturated rings. The van der Waals surface area contributed by atoms with Gasteiger partial charge in [0.2, 0.25) is 0 Å². The largest absolute Gasteiger partial charge is 0.378 e. The van der Waals surface area contributed by atoms with E-state index in [1.54, 1.807) is 24.5 Å². The van der Waals surface area contributed by atoms with Crippen LogP contribution in [0.15, 0.2) is 47.6 Å². The molecule has 3 heterocycles. The number of sulfone groups is 1. The van der Waals surface area contributed by atoms with Gasteiger partial charge in [-0.1, -0.05) is 12.1 Å². The van der Waals surface area contributed by atoms with Gasteiger partial charge in [-0.2, -0.15) is 0 Å². The zero-order chi connectivity index (χ0) is 18.1. The van der Waals surface area contributed by atoms with E-state index in [0.717, 1.165) is 30.0 Å². The molecule has 134 valence electrons. The minimum atomic E-state index is -3.28. The number of hydrogen-bond acceptors (Lipinski definition) is 7. The van der Waals surface area contributed by atoms with E-state index in [4.69, 9.17) is 9.72 Å². The second-order valence-electron chi connectivity index (χ2n) is 6.16. The van der Waals surface area contributed by atoms with Gasteiger partial charge in [-0.3, -0.25) is 0 Å². The normalized spacial score (nSPS) is 15.3. The van der Waals surface area contributed by atoms with Crippen molar-refractivity contribution in [1.29, 1.82) is 0 Å². The lowest BCUT2D eigenvalue weighted by Gasteiger charge is -2.28. The van der Waals surface area contributed by atoms with Crippen LogP contribution in [0.1, 0.15) is 0 Å². The van der Waals surface area contributed by atoms with E-state index in [0.29, 0.717) is 24.4 Å². The van der Waals surface area contributed by atoms with Gasteiger partial charge in [-0.15, -0.1) is 0 Å². The molecule has 3 aromatic rings. The Morgan fingerprint density at radius 3 is 2.65 bits per heavy atom. The van der Waals surface area contributed by atoms with Crippen LogP contribution in [0.3, 0.4) is 0 Å². The molecule has 0 spiro atoms. The Morgan fingerprint density at radius 1 is 1.08 bits per heavy atom. The molecule has 0 N–H and O–H groups in total. The van der Waals surface area contributed by atoms with E-state index in [1.807, 2.05) is 18.2 Å². The fourth-order valence-corrected chi connectivity index (χ4v) is 3.65. The fourth-order valence-electron chi connectivity index (χ4n) is 2.98. The van der Waals surface area contributed by atoms with Crippen molar-refractivity contribution in [2.75, 3.05) is 37.5 Å². The zero-order valence-electron chi connectivity index (χ0n) is 14.3. The van der Waals surface area contributed by atoms with Gasteiger partial charge >= 0.3 is 0 Å². The number of aromatic nitrogens is 3. The van der Waals surface area contributed by atoms with E-state index in [2.05, 4.69) is 14.9 Å². The quantitative estimate of drug-likeness (QED) is 0.696. The van der Waals surface area contributed by atoms with Crippen molar-refractivity contribution in [2.45, 2.75) is 4.90 Å². The van der Waals surface area contributed by atoms with Crippen molar-refractivity contribution in [1.82, 2.24) is 15.0 Å². The summed E-state index contributed by atoms with van der Waals surface area (Å²) in [5.41, 5.74) is 2.89. The maximum atomic E-state index is 11.8. The third-order valence-electron chi connectivity index (χ3n) is 4.33. The minimum absolute atomic E-state index is 0.273. The summed E-state index contributed by atoms with van der Waals surface area (Å²) in [7, 11) is -3.28. The SMILES string of the molecule is CS(=O)(=O)c1cccc(-c2ccc3ncnc(N4CCOCC4)c3n2)c1. The lowest BCUT2D eigenvalue weighted by molar-refractivity contribution is 0.122. The van der Waals surface area contributed by atoms with Crippen LogP contribution in [0.2, 0.25) is 0 Å². The molecule has 0 saturated carbocycles. The predicted octanol–water partition coefficient (Wildman–Crippen LogP) is 1.93. The van der Waals surface area contributed by atoms with Crippen LogP contribution in [-0.2, 0) is 14.6 Å². The summed E-state index contributed by atoms with van der Waals surface area (Å²) in [6.45, 7) is 2.81. The molecule has 0 amide bonds. The highest BCUT2D eigenvalue weighted by Gasteiger charge is 2.17. The highest BCUT2D eigenvalue weighted by molar-refractivity contribution is 7.90. The third-order valence-corrected chi connectivity index (χ3v) is 5.44. The topological polar surface area (TPSA) is 85.3 Å². The molecule has 1 aliphatic heterocycles. The molecule has 1 saturated heterocycles. The lowest BCUT2D eigenvalue weighted by atomic mass is 10.1. The fraction of sp³-hybridized carbons (Fsp3) is 0.278. The van der Waals surface area contributed by atoms with E-state index >= 15 is 0 Å². The highest BCUT2D eigenvalue weighted by atomic mass is 32.2. The second-order valence-corrected chi connectivity index (χ2v) is 8.18. The molecular formula is C18H18N4O3S. The van der Waals surface area contributed by atoms with E-state index in [-0.39, 0.29) is 4.90 Å². The number of hydrogen-bond donors (Lipinski definition) is 0. The lowest BCUT2D eigenvalue weighted by Crippen LogP contribution is -2.37. The number of rotatable bonds is 3. The number of fused-ring (bicyclic) bond motifs is 1. The first kappa shape index (κ1) is 16.9. The Morgan fingerprint density at radius 2 is 1.88 bits per heavy atom. The van der Waals surface area contributed by atoms with Gasteiger partial charge in [0.15, 0.2) is 15.7 Å². The number of ether oxygens (including phenoxy) is 1. The van der Waals surface area contributed by atoms with E-state index in [9.17, 15) is 8.42 Å². The Kier molecular flexibility index (Phi) is 4.29. The second kappa shape index (κ2) is 6.62. The van der Waals surface area contributed by atoms with Crippen LogP contribution in [0.5, 0.6) is 0 Å². The molecule has 8 heteroatoms. The van der Waals surface area contributed by atoms with Crippen molar-refractivity contribution < 1.29 is 13.2 Å². The van der Waals surface area contributed by atoms with Crippen molar-refractivity contribution in [3.05, 3.63) is 42.7 Å². The van der Waals surface area contributed by atoms with Crippen LogP contribution in [-0.4, -0.2) is 55.9 Å². The van der Waals surface area contributed by atoms with Crippen molar-refractivity contribution in [3.8, 4) is 11.3 Å². The highest BCUT2D eigenvalue weighted by Crippen LogP contribution is 2.27. The summed E-state index contributed by atoms with van der Waals surface area (Å²) >= 11 is 0. The van der Waals surface area contributed by atoms with Crippen molar-refractivity contribution in [2.24, 2.45) is 0 Å². The Balaban J connectivity index is 1.82. The first-order valence-electron chi connectivity index (χ1n) is 8.27. The molecular weight excluding hydrogens is 352 g/mol.